The van der Waals surface area contributed by atoms with Gasteiger partial charge in [-0.15, -0.1) is 0 Å². The minimum absolute atomic E-state index is 0.351. The molecule has 0 heterocycles. The summed E-state index contributed by atoms with van der Waals surface area (Å²) in [6.07, 6.45) is -0.417. The maximum absolute atomic E-state index is 9.05. The van der Waals surface area contributed by atoms with Crippen LogP contribution in [0, 0.1) is 13.8 Å². The molecule has 0 bridgehead atoms. The molecule has 1 rings (SSSR count). The van der Waals surface area contributed by atoms with Crippen LogP contribution in [0.4, 0.5) is 0 Å². The highest BCUT2D eigenvalue weighted by molar-refractivity contribution is 5.35. The molecule has 0 fully saturated rings. The summed E-state index contributed by atoms with van der Waals surface area (Å²) in [5.74, 6) is 0.862. The largest absolute Gasteiger partial charge is 0.491 e. The van der Waals surface area contributed by atoms with E-state index >= 15 is 0 Å². The third-order valence-electron chi connectivity index (χ3n) is 1.82. The normalized spacial score (nSPS) is 12.6. The Morgan fingerprint density at radius 1 is 1.38 bits per heavy atom. The van der Waals surface area contributed by atoms with E-state index in [1.165, 1.54) is 5.56 Å². The summed E-state index contributed by atoms with van der Waals surface area (Å²) in [7, 11) is 0. The fraction of sp³-hybridized carbons (Fsp3) is 0.455. The van der Waals surface area contributed by atoms with Crippen LogP contribution >= 0.6 is 0 Å². The second kappa shape index (κ2) is 4.28. The molecule has 1 N–H and O–H groups in total. The molecule has 1 aromatic rings. The number of hydrogen-bond donors (Lipinski definition) is 1. The highest BCUT2D eigenvalue weighted by Crippen LogP contribution is 2.18. The number of aliphatic hydroxyl groups is 1. The highest BCUT2D eigenvalue weighted by atomic mass is 16.5. The van der Waals surface area contributed by atoms with E-state index in [1.807, 2.05) is 32.0 Å². The van der Waals surface area contributed by atoms with Gasteiger partial charge in [0, 0.05) is 0 Å². The lowest BCUT2D eigenvalue weighted by molar-refractivity contribution is 0.122. The Morgan fingerprint density at radius 3 is 2.69 bits per heavy atom. The second-order valence-electron chi connectivity index (χ2n) is 3.43. The molecule has 0 spiro atoms. The summed E-state index contributed by atoms with van der Waals surface area (Å²) in [5.41, 5.74) is 2.28. The van der Waals surface area contributed by atoms with Gasteiger partial charge in [0.05, 0.1) is 6.10 Å². The highest BCUT2D eigenvalue weighted by Gasteiger charge is 2.01. The molecule has 0 aliphatic rings. The zero-order valence-corrected chi connectivity index (χ0v) is 8.37. The van der Waals surface area contributed by atoms with E-state index in [-0.39, 0.29) is 0 Å². The van der Waals surface area contributed by atoms with Gasteiger partial charge < -0.3 is 9.84 Å². The molecule has 2 heteroatoms. The van der Waals surface area contributed by atoms with Crippen LogP contribution in [0.15, 0.2) is 18.2 Å². The van der Waals surface area contributed by atoms with E-state index in [4.69, 9.17) is 9.84 Å². The summed E-state index contributed by atoms with van der Waals surface area (Å²) in [5, 5.41) is 9.05. The summed E-state index contributed by atoms with van der Waals surface area (Å²) in [6.45, 7) is 6.08. The van der Waals surface area contributed by atoms with Crippen LogP contribution in [0.25, 0.3) is 0 Å². The lowest BCUT2D eigenvalue weighted by atomic mass is 10.1. The van der Waals surface area contributed by atoms with Crippen LogP contribution in [0.1, 0.15) is 18.1 Å². The molecule has 1 aromatic carbocycles. The van der Waals surface area contributed by atoms with E-state index in [9.17, 15) is 0 Å². The Morgan fingerprint density at radius 2 is 2.08 bits per heavy atom. The molecule has 13 heavy (non-hydrogen) atoms. The quantitative estimate of drug-likeness (QED) is 0.771. The van der Waals surface area contributed by atoms with E-state index < -0.39 is 6.10 Å². The van der Waals surface area contributed by atoms with Gasteiger partial charge in [-0.1, -0.05) is 12.1 Å². The number of aryl methyl sites for hydroxylation is 2. The first-order chi connectivity index (χ1) is 6.09. The van der Waals surface area contributed by atoms with E-state index in [0.29, 0.717) is 6.61 Å². The minimum Gasteiger partial charge on any atom is -0.491 e. The van der Waals surface area contributed by atoms with Crippen molar-refractivity contribution in [3.05, 3.63) is 29.3 Å². The average Bonchev–Trinajstić information content (AvgIpc) is 2.06. The fourth-order valence-electron chi connectivity index (χ4n) is 1.07. The van der Waals surface area contributed by atoms with Crippen molar-refractivity contribution in [2.45, 2.75) is 26.9 Å². The van der Waals surface area contributed by atoms with Crippen LogP contribution in [0.3, 0.4) is 0 Å². The Labute approximate surface area is 79.2 Å². The molecule has 0 amide bonds. The number of aliphatic hydroxyl groups excluding tert-OH is 1. The van der Waals surface area contributed by atoms with E-state index in [2.05, 4.69) is 0 Å². The minimum atomic E-state index is -0.417. The molecular weight excluding hydrogens is 164 g/mol. The molecule has 0 radical (unpaired) electrons. The summed E-state index contributed by atoms with van der Waals surface area (Å²) < 4.78 is 5.43. The Kier molecular flexibility index (Phi) is 3.32. The van der Waals surface area contributed by atoms with E-state index in [1.54, 1.807) is 6.92 Å². The van der Waals surface area contributed by atoms with Gasteiger partial charge in [-0.05, 0) is 38.0 Å². The average molecular weight is 180 g/mol. The van der Waals surface area contributed by atoms with Gasteiger partial charge in [-0.2, -0.15) is 0 Å². The molecule has 0 aromatic heterocycles. The maximum atomic E-state index is 9.05. The van der Waals surface area contributed by atoms with Crippen molar-refractivity contribution in [1.29, 1.82) is 0 Å². The summed E-state index contributed by atoms with van der Waals surface area (Å²) >= 11 is 0. The number of benzene rings is 1. The molecule has 0 saturated carbocycles. The predicted molar refractivity (Wildman–Crippen MR) is 53.1 cm³/mol. The smallest absolute Gasteiger partial charge is 0.122 e. The van der Waals surface area contributed by atoms with Crippen molar-refractivity contribution in [3.63, 3.8) is 0 Å². The van der Waals surface area contributed by atoms with Crippen LogP contribution in [0.5, 0.6) is 5.75 Å². The summed E-state index contributed by atoms with van der Waals surface area (Å²) in [4.78, 5) is 0. The zero-order valence-electron chi connectivity index (χ0n) is 8.37. The molecule has 1 atom stereocenters. The first-order valence-electron chi connectivity index (χ1n) is 4.47. The SMILES string of the molecule is Cc1ccc(C)c(OC[C@H](C)O)c1. The van der Waals surface area contributed by atoms with Gasteiger partial charge in [-0.25, -0.2) is 0 Å². The van der Waals surface area contributed by atoms with Gasteiger partial charge >= 0.3 is 0 Å². The van der Waals surface area contributed by atoms with Crippen LogP contribution in [0.2, 0.25) is 0 Å². The molecule has 0 aliphatic heterocycles. The zero-order chi connectivity index (χ0) is 9.84. The molecule has 0 saturated heterocycles. The van der Waals surface area contributed by atoms with Gasteiger partial charge in [0.15, 0.2) is 0 Å². The molecule has 72 valence electrons. The topological polar surface area (TPSA) is 29.5 Å². The Bertz CT molecular complexity index is 279. The monoisotopic (exact) mass is 180 g/mol. The van der Waals surface area contributed by atoms with Crippen molar-refractivity contribution in [2.75, 3.05) is 6.61 Å². The Hall–Kier alpha value is -1.02. The van der Waals surface area contributed by atoms with Crippen LogP contribution in [-0.2, 0) is 0 Å². The first-order valence-corrected chi connectivity index (χ1v) is 4.47. The maximum Gasteiger partial charge on any atom is 0.122 e. The van der Waals surface area contributed by atoms with Crippen LogP contribution < -0.4 is 4.74 Å². The summed E-state index contributed by atoms with van der Waals surface area (Å²) in [6, 6.07) is 6.05. The molecule has 2 nitrogen and oxygen atoms in total. The second-order valence-corrected chi connectivity index (χ2v) is 3.43. The van der Waals surface area contributed by atoms with Gasteiger partial charge in [0.25, 0.3) is 0 Å². The lowest BCUT2D eigenvalue weighted by Gasteiger charge is -2.10. The van der Waals surface area contributed by atoms with Crippen molar-refractivity contribution in [1.82, 2.24) is 0 Å². The van der Waals surface area contributed by atoms with Gasteiger partial charge in [0.1, 0.15) is 12.4 Å². The third kappa shape index (κ3) is 3.07. The van der Waals surface area contributed by atoms with Crippen molar-refractivity contribution < 1.29 is 9.84 Å². The van der Waals surface area contributed by atoms with Crippen molar-refractivity contribution in [3.8, 4) is 5.75 Å². The number of hydrogen-bond acceptors (Lipinski definition) is 2. The number of rotatable bonds is 3. The first kappa shape index (κ1) is 10.1. The fourth-order valence-corrected chi connectivity index (χ4v) is 1.07. The third-order valence-corrected chi connectivity index (χ3v) is 1.82. The molecular formula is C11H16O2. The van der Waals surface area contributed by atoms with Gasteiger partial charge in [-0.3, -0.25) is 0 Å². The molecule has 0 aliphatic carbocycles. The van der Waals surface area contributed by atoms with Crippen molar-refractivity contribution >= 4 is 0 Å². The number of ether oxygens (including phenoxy) is 1. The standard InChI is InChI=1S/C11H16O2/c1-8-4-5-9(2)11(6-8)13-7-10(3)12/h4-6,10,12H,7H2,1-3H3/t10-/m0/s1. The van der Waals surface area contributed by atoms with E-state index in [0.717, 1.165) is 11.3 Å². The van der Waals surface area contributed by atoms with Crippen molar-refractivity contribution in [2.24, 2.45) is 0 Å². The van der Waals surface area contributed by atoms with Crippen LogP contribution in [-0.4, -0.2) is 17.8 Å². The van der Waals surface area contributed by atoms with Gasteiger partial charge in [0.2, 0.25) is 0 Å². The Balaban J connectivity index is 2.70. The lowest BCUT2D eigenvalue weighted by Crippen LogP contribution is -2.13. The molecule has 0 unspecified atom stereocenters. The predicted octanol–water partition coefficient (Wildman–Crippen LogP) is 2.06.